The minimum atomic E-state index is -0.157. The van der Waals surface area contributed by atoms with E-state index in [1.54, 1.807) is 0 Å². The molecule has 6 heteroatoms. The molecule has 0 amide bonds. The fourth-order valence-electron chi connectivity index (χ4n) is 3.33. The lowest BCUT2D eigenvalue weighted by Crippen LogP contribution is -2.40. The molecule has 2 atom stereocenters. The predicted molar refractivity (Wildman–Crippen MR) is 98.6 cm³/mol. The fourth-order valence-corrected chi connectivity index (χ4v) is 3.33. The SMILES string of the molecule is CCNC(=NCc1cc(C)c(O)c(C)c1)N1CC(C)C(C(=O)OC)C1. The van der Waals surface area contributed by atoms with Crippen molar-refractivity contribution in [3.8, 4) is 5.75 Å². The second-order valence-corrected chi connectivity index (χ2v) is 6.76. The van der Waals surface area contributed by atoms with Crippen LogP contribution in [0.4, 0.5) is 0 Å². The molecule has 0 saturated carbocycles. The van der Waals surface area contributed by atoms with Gasteiger partial charge in [-0.1, -0.05) is 19.1 Å². The molecule has 1 heterocycles. The van der Waals surface area contributed by atoms with E-state index in [1.165, 1.54) is 7.11 Å². The van der Waals surface area contributed by atoms with E-state index in [0.717, 1.165) is 35.7 Å². The molecule has 1 fully saturated rings. The van der Waals surface area contributed by atoms with Gasteiger partial charge in [-0.25, -0.2) is 4.99 Å². The van der Waals surface area contributed by atoms with Crippen molar-refractivity contribution in [3.63, 3.8) is 0 Å². The summed E-state index contributed by atoms with van der Waals surface area (Å²) in [6.45, 7) is 10.6. The van der Waals surface area contributed by atoms with Gasteiger partial charge in [-0.15, -0.1) is 0 Å². The van der Waals surface area contributed by atoms with Crippen molar-refractivity contribution in [1.82, 2.24) is 10.2 Å². The van der Waals surface area contributed by atoms with Gasteiger partial charge >= 0.3 is 5.97 Å². The van der Waals surface area contributed by atoms with E-state index in [4.69, 9.17) is 9.73 Å². The van der Waals surface area contributed by atoms with Gasteiger partial charge in [0.25, 0.3) is 0 Å². The third-order valence-corrected chi connectivity index (χ3v) is 4.71. The number of esters is 1. The summed E-state index contributed by atoms with van der Waals surface area (Å²) in [5, 5.41) is 13.2. The van der Waals surface area contributed by atoms with Crippen molar-refractivity contribution >= 4 is 11.9 Å². The third-order valence-electron chi connectivity index (χ3n) is 4.71. The van der Waals surface area contributed by atoms with E-state index in [9.17, 15) is 9.90 Å². The predicted octanol–water partition coefficient (Wildman–Crippen LogP) is 2.22. The average molecular weight is 347 g/mol. The Morgan fingerprint density at radius 1 is 1.36 bits per heavy atom. The molecule has 0 spiro atoms. The third kappa shape index (κ3) is 4.44. The number of methoxy groups -OCH3 is 1. The molecular formula is C19H29N3O3. The number of hydrogen-bond acceptors (Lipinski definition) is 4. The number of likely N-dealkylation sites (tertiary alicyclic amines) is 1. The Kier molecular flexibility index (Phi) is 6.28. The molecule has 0 aromatic heterocycles. The number of hydrogen-bond donors (Lipinski definition) is 2. The Balaban J connectivity index is 2.15. The van der Waals surface area contributed by atoms with Gasteiger partial charge < -0.3 is 20.1 Å². The number of benzene rings is 1. The van der Waals surface area contributed by atoms with Crippen molar-refractivity contribution in [3.05, 3.63) is 28.8 Å². The largest absolute Gasteiger partial charge is 0.507 e. The maximum atomic E-state index is 11.9. The molecule has 1 aliphatic rings. The van der Waals surface area contributed by atoms with Gasteiger partial charge in [0.1, 0.15) is 5.75 Å². The summed E-state index contributed by atoms with van der Waals surface area (Å²) in [5.41, 5.74) is 2.77. The number of guanidine groups is 1. The minimum Gasteiger partial charge on any atom is -0.507 e. The number of carbonyl (C=O) groups excluding carboxylic acids is 1. The van der Waals surface area contributed by atoms with Crippen LogP contribution in [0, 0.1) is 25.7 Å². The van der Waals surface area contributed by atoms with Crippen LogP contribution in [-0.2, 0) is 16.1 Å². The Bertz CT molecular complexity index is 634. The molecule has 2 N–H and O–H groups in total. The highest BCUT2D eigenvalue weighted by atomic mass is 16.5. The number of aromatic hydroxyl groups is 1. The maximum absolute atomic E-state index is 11.9. The number of nitrogens with zero attached hydrogens (tertiary/aromatic N) is 2. The molecule has 2 rings (SSSR count). The van der Waals surface area contributed by atoms with E-state index in [0.29, 0.717) is 18.8 Å². The second kappa shape index (κ2) is 8.23. The molecule has 1 saturated heterocycles. The number of aryl methyl sites for hydroxylation is 2. The first-order chi connectivity index (χ1) is 11.9. The van der Waals surface area contributed by atoms with Gasteiger partial charge in [0.2, 0.25) is 0 Å². The van der Waals surface area contributed by atoms with Crippen molar-refractivity contribution in [1.29, 1.82) is 0 Å². The molecule has 1 aliphatic heterocycles. The standard InChI is InChI=1S/C19H29N3O3/c1-6-20-19(22-10-14(4)16(11-22)18(24)25-5)21-9-15-7-12(2)17(23)13(3)8-15/h7-8,14,16,23H,6,9-11H2,1-5H3,(H,20,21). The van der Waals surface area contributed by atoms with Crippen molar-refractivity contribution in [2.45, 2.75) is 34.2 Å². The molecule has 0 aliphatic carbocycles. The monoisotopic (exact) mass is 347 g/mol. The zero-order valence-corrected chi connectivity index (χ0v) is 15.8. The number of rotatable bonds is 4. The average Bonchev–Trinajstić information content (AvgIpc) is 2.97. The number of ether oxygens (including phenoxy) is 1. The molecule has 0 bridgehead atoms. The zero-order chi connectivity index (χ0) is 18.6. The highest BCUT2D eigenvalue weighted by molar-refractivity contribution is 5.82. The van der Waals surface area contributed by atoms with Crippen molar-refractivity contribution in [2.24, 2.45) is 16.8 Å². The summed E-state index contributed by atoms with van der Waals surface area (Å²) >= 11 is 0. The van der Waals surface area contributed by atoms with Crippen LogP contribution in [0.1, 0.15) is 30.5 Å². The number of nitrogens with one attached hydrogen (secondary N) is 1. The highest BCUT2D eigenvalue weighted by Gasteiger charge is 2.36. The Morgan fingerprint density at radius 3 is 2.56 bits per heavy atom. The lowest BCUT2D eigenvalue weighted by Gasteiger charge is -2.21. The summed E-state index contributed by atoms with van der Waals surface area (Å²) < 4.78 is 4.91. The van der Waals surface area contributed by atoms with Gasteiger partial charge in [-0.2, -0.15) is 0 Å². The Hall–Kier alpha value is -2.24. The van der Waals surface area contributed by atoms with E-state index >= 15 is 0 Å². The number of phenols is 1. The van der Waals surface area contributed by atoms with E-state index in [2.05, 4.69) is 17.1 Å². The number of aliphatic imine (C=N–C) groups is 1. The molecular weight excluding hydrogens is 318 g/mol. The normalized spacial score (nSPS) is 20.7. The van der Waals surface area contributed by atoms with Crippen LogP contribution in [0.5, 0.6) is 5.75 Å². The van der Waals surface area contributed by atoms with Crippen LogP contribution in [0.3, 0.4) is 0 Å². The van der Waals surface area contributed by atoms with Crippen LogP contribution in [0.2, 0.25) is 0 Å². The van der Waals surface area contributed by atoms with Crippen LogP contribution in [0.25, 0.3) is 0 Å². The highest BCUT2D eigenvalue weighted by Crippen LogP contribution is 2.25. The van der Waals surface area contributed by atoms with Crippen molar-refractivity contribution in [2.75, 3.05) is 26.7 Å². The summed E-state index contributed by atoms with van der Waals surface area (Å²) in [5.74, 6) is 1.11. The van der Waals surface area contributed by atoms with Gasteiger partial charge in [0.05, 0.1) is 19.6 Å². The lowest BCUT2D eigenvalue weighted by molar-refractivity contribution is -0.145. The van der Waals surface area contributed by atoms with Crippen LogP contribution in [0.15, 0.2) is 17.1 Å². The summed E-state index contributed by atoms with van der Waals surface area (Å²) in [6, 6.07) is 3.92. The molecule has 25 heavy (non-hydrogen) atoms. The number of phenolic OH excluding ortho intramolecular Hbond substituents is 1. The first-order valence-corrected chi connectivity index (χ1v) is 8.77. The van der Waals surface area contributed by atoms with Crippen LogP contribution >= 0.6 is 0 Å². The Morgan fingerprint density at radius 2 is 2.00 bits per heavy atom. The van der Waals surface area contributed by atoms with Crippen LogP contribution < -0.4 is 5.32 Å². The smallest absolute Gasteiger partial charge is 0.310 e. The van der Waals surface area contributed by atoms with Gasteiger partial charge in [-0.3, -0.25) is 4.79 Å². The first kappa shape index (κ1) is 19.1. The first-order valence-electron chi connectivity index (χ1n) is 8.77. The Labute approximate surface area is 149 Å². The van der Waals surface area contributed by atoms with E-state index in [1.807, 2.05) is 32.9 Å². The van der Waals surface area contributed by atoms with Gasteiger partial charge in [0, 0.05) is 19.6 Å². The molecule has 1 aromatic carbocycles. The van der Waals surface area contributed by atoms with Crippen molar-refractivity contribution < 1.29 is 14.6 Å². The molecule has 0 radical (unpaired) electrons. The maximum Gasteiger partial charge on any atom is 0.310 e. The summed E-state index contributed by atoms with van der Waals surface area (Å²) in [6.07, 6.45) is 0. The quantitative estimate of drug-likeness (QED) is 0.496. The van der Waals surface area contributed by atoms with Crippen LogP contribution in [-0.4, -0.2) is 48.7 Å². The molecule has 2 unspecified atom stereocenters. The molecule has 1 aromatic rings. The second-order valence-electron chi connectivity index (χ2n) is 6.76. The van der Waals surface area contributed by atoms with E-state index in [-0.39, 0.29) is 17.8 Å². The molecule has 138 valence electrons. The zero-order valence-electron chi connectivity index (χ0n) is 15.8. The minimum absolute atomic E-state index is 0.119. The molecule has 6 nitrogen and oxygen atoms in total. The fraction of sp³-hybridized carbons (Fsp3) is 0.579. The van der Waals surface area contributed by atoms with Gasteiger partial charge in [-0.05, 0) is 43.4 Å². The number of carbonyl (C=O) groups is 1. The van der Waals surface area contributed by atoms with E-state index < -0.39 is 0 Å². The topological polar surface area (TPSA) is 74.2 Å². The summed E-state index contributed by atoms with van der Waals surface area (Å²) in [7, 11) is 1.44. The van der Waals surface area contributed by atoms with Gasteiger partial charge in [0.15, 0.2) is 5.96 Å². The lowest BCUT2D eigenvalue weighted by atomic mass is 9.99. The summed E-state index contributed by atoms with van der Waals surface area (Å²) in [4.78, 5) is 18.8.